The Morgan fingerprint density at radius 1 is 1.19 bits per heavy atom. The first-order valence-corrected chi connectivity index (χ1v) is 9.29. The fraction of sp³-hybridized carbons (Fsp3) is 0.421. The molecule has 0 saturated carbocycles. The molecule has 2 aromatic rings. The molecule has 26 heavy (non-hydrogen) atoms. The van der Waals surface area contributed by atoms with Gasteiger partial charge >= 0.3 is 0 Å². The number of hydrogen-bond donors (Lipinski definition) is 2. The molecular formula is C19H24ClN5O. The molecule has 3 rings (SSSR count). The molecule has 0 spiro atoms. The van der Waals surface area contributed by atoms with Gasteiger partial charge in [-0.05, 0) is 55.6 Å². The highest BCUT2D eigenvalue weighted by Crippen LogP contribution is 2.22. The van der Waals surface area contributed by atoms with Crippen molar-refractivity contribution in [3.8, 4) is 0 Å². The van der Waals surface area contributed by atoms with Crippen LogP contribution in [0.5, 0.6) is 0 Å². The van der Waals surface area contributed by atoms with Gasteiger partial charge in [0, 0.05) is 25.2 Å². The summed E-state index contributed by atoms with van der Waals surface area (Å²) in [6.45, 7) is 3.91. The number of aromatic nitrogens is 2. The maximum absolute atomic E-state index is 11.5. The Labute approximate surface area is 158 Å². The third kappa shape index (κ3) is 4.93. The fourth-order valence-corrected chi connectivity index (χ4v) is 3.34. The second-order valence-corrected chi connectivity index (χ2v) is 6.98. The van der Waals surface area contributed by atoms with Crippen LogP contribution in [0.1, 0.15) is 28.9 Å². The van der Waals surface area contributed by atoms with Crippen molar-refractivity contribution in [3.05, 3.63) is 52.7 Å². The molecule has 2 heterocycles. The van der Waals surface area contributed by atoms with E-state index in [1.807, 2.05) is 18.2 Å². The highest BCUT2D eigenvalue weighted by atomic mass is 35.5. The first-order valence-electron chi connectivity index (χ1n) is 8.91. The van der Waals surface area contributed by atoms with Gasteiger partial charge in [-0.25, -0.2) is 0 Å². The van der Waals surface area contributed by atoms with E-state index in [2.05, 4.69) is 31.8 Å². The van der Waals surface area contributed by atoms with Gasteiger partial charge in [0.2, 0.25) is 0 Å². The number of hydrogen-bond acceptors (Lipinski definition) is 5. The zero-order valence-corrected chi connectivity index (χ0v) is 15.7. The number of anilines is 1. The van der Waals surface area contributed by atoms with Crippen LogP contribution in [0.15, 0.2) is 36.4 Å². The van der Waals surface area contributed by atoms with Crippen molar-refractivity contribution in [2.45, 2.75) is 19.4 Å². The van der Waals surface area contributed by atoms with Crippen LogP contribution in [-0.2, 0) is 6.54 Å². The predicted molar refractivity (Wildman–Crippen MR) is 103 cm³/mol. The number of halogens is 1. The minimum absolute atomic E-state index is 0.227. The summed E-state index contributed by atoms with van der Waals surface area (Å²) >= 11 is 6.26. The van der Waals surface area contributed by atoms with Crippen LogP contribution in [0.3, 0.4) is 0 Å². The highest BCUT2D eigenvalue weighted by molar-refractivity contribution is 6.31. The lowest BCUT2D eigenvalue weighted by Gasteiger charge is -2.32. The summed E-state index contributed by atoms with van der Waals surface area (Å²) in [4.78, 5) is 13.9. The standard InChI is InChI=1S/C19H24ClN5O/c1-21-19(26)17-6-7-18(24-23-17)22-12-14-8-10-25(11-9-14)13-15-4-2-3-5-16(15)20/h2-7,14H,8-13H2,1H3,(H,21,26)(H,22,24). The quantitative estimate of drug-likeness (QED) is 0.814. The molecule has 1 saturated heterocycles. The molecule has 6 nitrogen and oxygen atoms in total. The molecule has 1 aromatic heterocycles. The zero-order valence-electron chi connectivity index (χ0n) is 14.9. The Bertz CT molecular complexity index is 729. The summed E-state index contributed by atoms with van der Waals surface area (Å²) < 4.78 is 0. The highest BCUT2D eigenvalue weighted by Gasteiger charge is 2.20. The van der Waals surface area contributed by atoms with Gasteiger partial charge in [0.1, 0.15) is 5.82 Å². The molecule has 1 aliphatic rings. The molecule has 7 heteroatoms. The van der Waals surface area contributed by atoms with Gasteiger partial charge < -0.3 is 10.6 Å². The van der Waals surface area contributed by atoms with Crippen LogP contribution < -0.4 is 10.6 Å². The maximum atomic E-state index is 11.5. The van der Waals surface area contributed by atoms with Crippen molar-refractivity contribution in [2.75, 3.05) is 32.0 Å². The van der Waals surface area contributed by atoms with Crippen LogP contribution in [0.4, 0.5) is 5.82 Å². The SMILES string of the molecule is CNC(=O)c1ccc(NCC2CCN(Cc3ccccc3Cl)CC2)nn1. The molecule has 138 valence electrons. The van der Waals surface area contributed by atoms with Gasteiger partial charge in [-0.2, -0.15) is 0 Å². The van der Waals surface area contributed by atoms with Crippen molar-refractivity contribution >= 4 is 23.3 Å². The summed E-state index contributed by atoms with van der Waals surface area (Å²) in [6.07, 6.45) is 2.28. The van der Waals surface area contributed by atoms with Crippen molar-refractivity contribution in [3.63, 3.8) is 0 Å². The first-order chi connectivity index (χ1) is 12.7. The number of carbonyl (C=O) groups excluding carboxylic acids is 1. The summed E-state index contributed by atoms with van der Waals surface area (Å²) in [5, 5.41) is 14.7. The third-order valence-corrected chi connectivity index (χ3v) is 5.12. The van der Waals surface area contributed by atoms with E-state index in [0.717, 1.165) is 44.0 Å². The number of amides is 1. The number of nitrogens with zero attached hydrogens (tertiary/aromatic N) is 3. The lowest BCUT2D eigenvalue weighted by molar-refractivity contribution is 0.0957. The van der Waals surface area contributed by atoms with Crippen LogP contribution in [0.2, 0.25) is 5.02 Å². The van der Waals surface area contributed by atoms with Crippen molar-refractivity contribution in [2.24, 2.45) is 5.92 Å². The Balaban J connectivity index is 1.43. The Hall–Kier alpha value is -2.18. The van der Waals surface area contributed by atoms with E-state index in [-0.39, 0.29) is 5.91 Å². The second-order valence-electron chi connectivity index (χ2n) is 6.57. The second kappa shape index (κ2) is 8.96. The molecule has 0 atom stereocenters. The minimum Gasteiger partial charge on any atom is -0.368 e. The van der Waals surface area contributed by atoms with Crippen LogP contribution in [0, 0.1) is 5.92 Å². The van der Waals surface area contributed by atoms with Crippen LogP contribution in [0.25, 0.3) is 0 Å². The average molecular weight is 374 g/mol. The van der Waals surface area contributed by atoms with Crippen molar-refractivity contribution < 1.29 is 4.79 Å². The fourth-order valence-electron chi connectivity index (χ4n) is 3.14. The van der Waals surface area contributed by atoms with Gasteiger partial charge in [-0.15, -0.1) is 10.2 Å². The lowest BCUT2D eigenvalue weighted by atomic mass is 9.96. The number of likely N-dealkylation sites (tertiary alicyclic amines) is 1. The first kappa shape index (κ1) is 18.6. The molecule has 0 unspecified atom stereocenters. The Morgan fingerprint density at radius 2 is 1.96 bits per heavy atom. The summed E-state index contributed by atoms with van der Waals surface area (Å²) in [5.74, 6) is 1.09. The number of nitrogens with one attached hydrogen (secondary N) is 2. The van der Waals surface area contributed by atoms with E-state index in [0.29, 0.717) is 17.4 Å². The molecule has 1 aliphatic heterocycles. The summed E-state index contributed by atoms with van der Waals surface area (Å²) in [7, 11) is 1.58. The van der Waals surface area contributed by atoms with Gasteiger partial charge in [0.15, 0.2) is 5.69 Å². The number of rotatable bonds is 6. The van der Waals surface area contributed by atoms with E-state index in [1.54, 1.807) is 19.2 Å². The zero-order chi connectivity index (χ0) is 18.4. The van der Waals surface area contributed by atoms with Crippen molar-refractivity contribution in [1.29, 1.82) is 0 Å². The summed E-state index contributed by atoms with van der Waals surface area (Å²) in [6, 6.07) is 11.5. The lowest BCUT2D eigenvalue weighted by Crippen LogP contribution is -2.35. The average Bonchev–Trinajstić information content (AvgIpc) is 2.69. The molecular weight excluding hydrogens is 350 g/mol. The third-order valence-electron chi connectivity index (χ3n) is 4.76. The van der Waals surface area contributed by atoms with E-state index in [4.69, 9.17) is 11.6 Å². The molecule has 1 fully saturated rings. The molecule has 1 aromatic carbocycles. The van der Waals surface area contributed by atoms with E-state index in [9.17, 15) is 4.79 Å². The number of piperidine rings is 1. The van der Waals surface area contributed by atoms with Gasteiger partial charge in [0.25, 0.3) is 5.91 Å². The van der Waals surface area contributed by atoms with Crippen LogP contribution >= 0.6 is 11.6 Å². The van der Waals surface area contributed by atoms with Crippen LogP contribution in [-0.4, -0.2) is 47.7 Å². The maximum Gasteiger partial charge on any atom is 0.271 e. The number of benzene rings is 1. The molecule has 0 aliphatic carbocycles. The normalized spacial score (nSPS) is 15.6. The Kier molecular flexibility index (Phi) is 6.41. The largest absolute Gasteiger partial charge is 0.368 e. The molecule has 0 bridgehead atoms. The van der Waals surface area contributed by atoms with E-state index >= 15 is 0 Å². The molecule has 1 amide bonds. The van der Waals surface area contributed by atoms with Gasteiger partial charge in [0.05, 0.1) is 0 Å². The predicted octanol–water partition coefficient (Wildman–Crippen LogP) is 2.81. The summed E-state index contributed by atoms with van der Waals surface area (Å²) in [5.41, 5.74) is 1.52. The van der Waals surface area contributed by atoms with E-state index in [1.165, 1.54) is 5.56 Å². The Morgan fingerprint density at radius 3 is 2.62 bits per heavy atom. The minimum atomic E-state index is -0.227. The van der Waals surface area contributed by atoms with Gasteiger partial charge in [-0.3, -0.25) is 9.69 Å². The van der Waals surface area contributed by atoms with E-state index < -0.39 is 0 Å². The molecule has 0 radical (unpaired) electrons. The molecule has 2 N–H and O–H groups in total. The van der Waals surface area contributed by atoms with Crippen molar-refractivity contribution in [1.82, 2.24) is 20.4 Å². The number of carbonyl (C=O) groups is 1. The topological polar surface area (TPSA) is 70.2 Å². The van der Waals surface area contributed by atoms with Gasteiger partial charge in [-0.1, -0.05) is 29.8 Å². The monoisotopic (exact) mass is 373 g/mol. The smallest absolute Gasteiger partial charge is 0.271 e.